The average molecular weight is 238 g/mol. The number of rotatable bonds is 2. The normalized spacial score (nSPS) is 10.8. The molecule has 2 heterocycles. The molecule has 0 fully saturated rings. The standard InChI is InChI=1S/C13H11BN2O2/c17-14(18)12-11(9-5-2-1-3-6-9)10-7-4-8-15-13(10)16-12/h1-8,17-18H,(H,15,16). The maximum atomic E-state index is 9.46. The Kier molecular flexibility index (Phi) is 2.62. The molecule has 0 bridgehead atoms. The van der Waals surface area contributed by atoms with Crippen molar-refractivity contribution in [3.05, 3.63) is 48.7 Å². The Labute approximate surface area is 104 Å². The predicted molar refractivity (Wildman–Crippen MR) is 71.4 cm³/mol. The van der Waals surface area contributed by atoms with Crippen LogP contribution in [-0.2, 0) is 0 Å². The lowest BCUT2D eigenvalue weighted by Gasteiger charge is -2.03. The van der Waals surface area contributed by atoms with E-state index >= 15 is 0 Å². The van der Waals surface area contributed by atoms with E-state index in [1.807, 2.05) is 42.5 Å². The topological polar surface area (TPSA) is 69.1 Å². The predicted octanol–water partition coefficient (Wildman–Crippen LogP) is 0.910. The molecular formula is C13H11BN2O2. The zero-order valence-electron chi connectivity index (χ0n) is 9.54. The Morgan fingerprint density at radius 2 is 1.78 bits per heavy atom. The second-order valence-electron chi connectivity index (χ2n) is 4.05. The Balaban J connectivity index is 2.35. The van der Waals surface area contributed by atoms with Gasteiger partial charge in [-0.15, -0.1) is 0 Å². The fourth-order valence-electron chi connectivity index (χ4n) is 2.15. The molecule has 0 atom stereocenters. The zero-order valence-corrected chi connectivity index (χ0v) is 9.54. The van der Waals surface area contributed by atoms with Gasteiger partial charge in [0.1, 0.15) is 5.65 Å². The van der Waals surface area contributed by atoms with Crippen molar-refractivity contribution in [1.82, 2.24) is 9.97 Å². The third kappa shape index (κ3) is 1.70. The molecule has 0 saturated heterocycles. The van der Waals surface area contributed by atoms with Crippen LogP contribution in [0, 0.1) is 0 Å². The Morgan fingerprint density at radius 3 is 2.50 bits per heavy atom. The number of pyridine rings is 1. The quantitative estimate of drug-likeness (QED) is 0.581. The lowest BCUT2D eigenvalue weighted by atomic mass is 9.81. The van der Waals surface area contributed by atoms with Gasteiger partial charge in [0.15, 0.2) is 0 Å². The fraction of sp³-hybridized carbons (Fsp3) is 0. The minimum absolute atomic E-state index is 0.370. The summed E-state index contributed by atoms with van der Waals surface area (Å²) in [6.07, 6.45) is 1.67. The van der Waals surface area contributed by atoms with Gasteiger partial charge in [-0.1, -0.05) is 30.3 Å². The van der Waals surface area contributed by atoms with Crippen LogP contribution in [0.1, 0.15) is 0 Å². The molecule has 0 aliphatic rings. The number of fused-ring (bicyclic) bond motifs is 1. The summed E-state index contributed by atoms with van der Waals surface area (Å²) in [6.45, 7) is 0. The van der Waals surface area contributed by atoms with Gasteiger partial charge in [0.2, 0.25) is 0 Å². The number of H-pyrrole nitrogens is 1. The first kappa shape index (κ1) is 11.0. The van der Waals surface area contributed by atoms with E-state index in [2.05, 4.69) is 9.97 Å². The van der Waals surface area contributed by atoms with Crippen LogP contribution < -0.4 is 5.59 Å². The summed E-state index contributed by atoms with van der Waals surface area (Å²) in [6, 6.07) is 13.4. The summed E-state index contributed by atoms with van der Waals surface area (Å²) >= 11 is 0. The van der Waals surface area contributed by atoms with Crippen LogP contribution in [0.2, 0.25) is 0 Å². The molecule has 0 aliphatic carbocycles. The Bertz CT molecular complexity index is 680. The number of aromatic nitrogens is 2. The lowest BCUT2D eigenvalue weighted by molar-refractivity contribution is 0.424. The highest BCUT2D eigenvalue weighted by Gasteiger charge is 2.22. The van der Waals surface area contributed by atoms with Crippen molar-refractivity contribution < 1.29 is 10.0 Å². The van der Waals surface area contributed by atoms with E-state index < -0.39 is 7.12 Å². The van der Waals surface area contributed by atoms with E-state index in [4.69, 9.17) is 0 Å². The Hall–Kier alpha value is -2.11. The number of nitrogens with one attached hydrogen (secondary N) is 1. The van der Waals surface area contributed by atoms with Crippen LogP contribution in [0.5, 0.6) is 0 Å². The summed E-state index contributed by atoms with van der Waals surface area (Å²) in [5.41, 5.74) is 2.74. The van der Waals surface area contributed by atoms with Gasteiger partial charge in [0.25, 0.3) is 0 Å². The smallest absolute Gasteiger partial charge is 0.422 e. The molecule has 2 aromatic heterocycles. The summed E-state index contributed by atoms with van der Waals surface area (Å²) in [5, 5.41) is 19.8. The maximum Gasteiger partial charge on any atom is 0.506 e. The highest BCUT2D eigenvalue weighted by molar-refractivity contribution is 6.60. The van der Waals surface area contributed by atoms with Crippen LogP contribution >= 0.6 is 0 Å². The molecule has 0 radical (unpaired) electrons. The van der Waals surface area contributed by atoms with Crippen molar-refractivity contribution in [2.45, 2.75) is 0 Å². The molecule has 0 amide bonds. The maximum absolute atomic E-state index is 9.46. The van der Waals surface area contributed by atoms with Gasteiger partial charge in [0.05, 0.1) is 5.59 Å². The zero-order chi connectivity index (χ0) is 12.5. The molecule has 18 heavy (non-hydrogen) atoms. The van der Waals surface area contributed by atoms with E-state index in [0.717, 1.165) is 16.5 Å². The fourth-order valence-corrected chi connectivity index (χ4v) is 2.15. The van der Waals surface area contributed by atoms with Crippen molar-refractivity contribution in [3.8, 4) is 11.1 Å². The minimum Gasteiger partial charge on any atom is -0.422 e. The molecule has 88 valence electrons. The highest BCUT2D eigenvalue weighted by atomic mass is 16.4. The van der Waals surface area contributed by atoms with Crippen LogP contribution in [0.25, 0.3) is 22.2 Å². The molecular weight excluding hydrogens is 227 g/mol. The first-order valence-corrected chi connectivity index (χ1v) is 5.65. The SMILES string of the molecule is OB(O)c1[nH]c2ncccc2c1-c1ccccc1. The van der Waals surface area contributed by atoms with Gasteiger partial charge in [-0.25, -0.2) is 4.98 Å². The third-order valence-corrected chi connectivity index (χ3v) is 2.92. The van der Waals surface area contributed by atoms with Crippen molar-refractivity contribution in [3.63, 3.8) is 0 Å². The molecule has 0 unspecified atom stereocenters. The second kappa shape index (κ2) is 4.29. The van der Waals surface area contributed by atoms with E-state index in [0.29, 0.717) is 11.2 Å². The minimum atomic E-state index is -1.55. The molecule has 0 spiro atoms. The number of hydrogen-bond acceptors (Lipinski definition) is 3. The summed E-state index contributed by atoms with van der Waals surface area (Å²) in [5.74, 6) is 0. The van der Waals surface area contributed by atoms with Crippen LogP contribution in [0.3, 0.4) is 0 Å². The second-order valence-corrected chi connectivity index (χ2v) is 4.05. The van der Waals surface area contributed by atoms with Crippen LogP contribution in [-0.4, -0.2) is 27.1 Å². The molecule has 3 N–H and O–H groups in total. The van der Waals surface area contributed by atoms with E-state index in [9.17, 15) is 10.0 Å². The number of aromatic amines is 1. The van der Waals surface area contributed by atoms with Gasteiger partial charge in [0, 0.05) is 17.1 Å². The summed E-state index contributed by atoms with van der Waals surface area (Å²) < 4.78 is 0. The van der Waals surface area contributed by atoms with E-state index in [-0.39, 0.29) is 0 Å². The number of hydrogen-bond donors (Lipinski definition) is 3. The molecule has 1 aromatic carbocycles. The monoisotopic (exact) mass is 238 g/mol. The van der Waals surface area contributed by atoms with Crippen molar-refractivity contribution in [2.24, 2.45) is 0 Å². The van der Waals surface area contributed by atoms with E-state index in [1.54, 1.807) is 6.20 Å². The summed E-state index contributed by atoms with van der Waals surface area (Å²) in [4.78, 5) is 7.14. The van der Waals surface area contributed by atoms with Gasteiger partial charge in [-0.2, -0.15) is 0 Å². The first-order chi connectivity index (χ1) is 8.77. The average Bonchev–Trinajstić information content (AvgIpc) is 2.79. The van der Waals surface area contributed by atoms with Crippen molar-refractivity contribution in [2.75, 3.05) is 0 Å². The van der Waals surface area contributed by atoms with Crippen molar-refractivity contribution in [1.29, 1.82) is 0 Å². The third-order valence-electron chi connectivity index (χ3n) is 2.92. The van der Waals surface area contributed by atoms with Gasteiger partial charge in [-0.05, 0) is 17.7 Å². The van der Waals surface area contributed by atoms with Gasteiger partial charge < -0.3 is 15.0 Å². The van der Waals surface area contributed by atoms with E-state index in [1.165, 1.54) is 0 Å². The molecule has 3 rings (SSSR count). The molecule has 5 heteroatoms. The van der Waals surface area contributed by atoms with Gasteiger partial charge >= 0.3 is 7.12 Å². The number of nitrogens with zero attached hydrogens (tertiary/aromatic N) is 1. The largest absolute Gasteiger partial charge is 0.506 e. The van der Waals surface area contributed by atoms with Crippen LogP contribution in [0.4, 0.5) is 0 Å². The lowest BCUT2D eigenvalue weighted by Crippen LogP contribution is -2.32. The molecule has 0 aliphatic heterocycles. The molecule has 3 aromatic rings. The summed E-state index contributed by atoms with van der Waals surface area (Å²) in [7, 11) is -1.55. The number of benzene rings is 1. The highest BCUT2D eigenvalue weighted by Crippen LogP contribution is 2.25. The molecule has 0 saturated carbocycles. The van der Waals surface area contributed by atoms with Gasteiger partial charge in [-0.3, -0.25) is 0 Å². The first-order valence-electron chi connectivity index (χ1n) is 5.65. The Morgan fingerprint density at radius 1 is 1.00 bits per heavy atom. The van der Waals surface area contributed by atoms with Crippen molar-refractivity contribution >= 4 is 23.7 Å². The molecule has 4 nitrogen and oxygen atoms in total. The van der Waals surface area contributed by atoms with Crippen LogP contribution in [0.15, 0.2) is 48.7 Å².